The van der Waals surface area contributed by atoms with Gasteiger partial charge in [-0.05, 0) is 91.5 Å². The molecule has 2 heterocycles. The number of allylic oxidation sites excluding steroid dienone is 1. The molecule has 1 fully saturated rings. The van der Waals surface area contributed by atoms with Gasteiger partial charge in [-0.2, -0.15) is 0 Å². The third-order valence-electron chi connectivity index (χ3n) is 12.0. The minimum absolute atomic E-state index is 0.0250. The summed E-state index contributed by atoms with van der Waals surface area (Å²) in [6.07, 6.45) is 7.27. The van der Waals surface area contributed by atoms with E-state index in [4.69, 9.17) is 38.4 Å². The second kappa shape index (κ2) is 20.3. The molecule has 1 saturated carbocycles. The average molecular weight is 840 g/mol. The Kier molecular flexibility index (Phi) is 14.5. The molecule has 14 nitrogen and oxygen atoms in total. The number of benzene rings is 3. The monoisotopic (exact) mass is 839 g/mol. The fourth-order valence-electron chi connectivity index (χ4n) is 9.42. The predicted octanol–water partition coefficient (Wildman–Crippen LogP) is 7.63. The summed E-state index contributed by atoms with van der Waals surface area (Å²) in [7, 11) is 1.35. The first-order chi connectivity index (χ1) is 29.8. The number of ether oxygens (including phenoxy) is 6. The Bertz CT molecular complexity index is 2060. The molecule has 61 heavy (non-hydrogen) atoms. The van der Waals surface area contributed by atoms with Crippen molar-refractivity contribution in [1.82, 2.24) is 10.2 Å². The Labute approximate surface area is 357 Å². The number of rotatable bonds is 19. The summed E-state index contributed by atoms with van der Waals surface area (Å²) in [5.74, 6) is -0.329. The topological polar surface area (TPSA) is 167 Å². The van der Waals surface area contributed by atoms with E-state index >= 15 is 0 Å². The van der Waals surface area contributed by atoms with Gasteiger partial charge < -0.3 is 48.8 Å². The highest BCUT2D eigenvalue weighted by Gasteiger charge is 2.65. The maximum atomic E-state index is 14.2. The Balaban J connectivity index is 1.38. The summed E-state index contributed by atoms with van der Waals surface area (Å²) in [6.45, 7) is 6.93. The van der Waals surface area contributed by atoms with Crippen molar-refractivity contribution in [2.45, 2.75) is 82.7 Å². The van der Waals surface area contributed by atoms with Crippen LogP contribution in [0.2, 0.25) is 0 Å². The molecular weight excluding hydrogens is 783 g/mol. The lowest BCUT2D eigenvalue weighted by Gasteiger charge is -2.59. The lowest BCUT2D eigenvalue weighted by Crippen LogP contribution is -2.70. The zero-order chi connectivity index (χ0) is 42.8. The minimum Gasteiger partial charge on any atom is -0.459 e. The molecule has 0 spiro atoms. The highest BCUT2D eigenvalue weighted by atomic mass is 16.7. The quantitative estimate of drug-likeness (QED) is 0.0617. The van der Waals surface area contributed by atoms with Crippen LogP contribution in [0.1, 0.15) is 74.5 Å². The Morgan fingerprint density at radius 2 is 1.74 bits per heavy atom. The van der Waals surface area contributed by atoms with Gasteiger partial charge in [0, 0.05) is 44.2 Å². The zero-order valence-electron chi connectivity index (χ0n) is 35.0. The Morgan fingerprint density at radius 1 is 0.967 bits per heavy atom. The SMILES string of the molecule is C=CCOC12Oc3ccc(OC(=O)NCc4ccccc4)cc3C3C(CCCCO)C(CCCCO)C=C(C(=NOCC)CC1N(Cc1ccc4c(c1)OCO4)C(=O)OC)C32. The van der Waals surface area contributed by atoms with Crippen molar-refractivity contribution in [1.29, 1.82) is 0 Å². The number of nitrogens with one attached hydrogen (secondary N) is 1. The van der Waals surface area contributed by atoms with Gasteiger partial charge in [0.15, 0.2) is 11.5 Å². The number of hydrogen-bond acceptors (Lipinski definition) is 12. The summed E-state index contributed by atoms with van der Waals surface area (Å²) in [5, 5.41) is 27.4. The predicted molar refractivity (Wildman–Crippen MR) is 226 cm³/mol. The van der Waals surface area contributed by atoms with E-state index in [0.717, 1.165) is 47.9 Å². The molecule has 6 unspecified atom stereocenters. The molecular formula is C47H57N3O11. The first kappa shape index (κ1) is 43.5. The normalized spacial score (nSPS) is 23.8. The third kappa shape index (κ3) is 9.51. The number of amides is 2. The highest BCUT2D eigenvalue weighted by Crippen LogP contribution is 2.62. The minimum atomic E-state index is -1.51. The van der Waals surface area contributed by atoms with E-state index in [1.807, 2.05) is 61.5 Å². The zero-order valence-corrected chi connectivity index (χ0v) is 35.0. The van der Waals surface area contributed by atoms with E-state index in [1.54, 1.807) is 23.1 Å². The van der Waals surface area contributed by atoms with E-state index in [2.05, 4.69) is 18.0 Å². The molecule has 7 rings (SSSR count). The average Bonchev–Trinajstić information content (AvgIpc) is 3.76. The number of nitrogens with zero attached hydrogens (tertiary/aromatic N) is 2. The van der Waals surface area contributed by atoms with Crippen molar-refractivity contribution in [3.63, 3.8) is 0 Å². The van der Waals surface area contributed by atoms with Crippen LogP contribution in [-0.4, -0.2) is 85.2 Å². The maximum absolute atomic E-state index is 14.2. The number of aliphatic hydroxyl groups is 2. The van der Waals surface area contributed by atoms with Gasteiger partial charge in [0.1, 0.15) is 24.1 Å². The first-order valence-electron chi connectivity index (χ1n) is 21.3. The fraction of sp³-hybridized carbons (Fsp3) is 0.468. The molecule has 3 N–H and O–H groups in total. The van der Waals surface area contributed by atoms with Crippen LogP contribution in [0.15, 0.2) is 96.2 Å². The molecule has 0 radical (unpaired) electrons. The van der Waals surface area contributed by atoms with Gasteiger partial charge in [0.2, 0.25) is 12.6 Å². The summed E-state index contributed by atoms with van der Waals surface area (Å²) in [4.78, 5) is 34.9. The number of unbranched alkanes of at least 4 members (excludes halogenated alkanes) is 2. The van der Waals surface area contributed by atoms with Gasteiger partial charge in [0.05, 0.1) is 25.3 Å². The van der Waals surface area contributed by atoms with Gasteiger partial charge in [-0.25, -0.2) is 9.59 Å². The van der Waals surface area contributed by atoms with Crippen LogP contribution in [0.25, 0.3) is 0 Å². The smallest absolute Gasteiger partial charge is 0.412 e. The number of fused-ring (bicyclic) bond motifs is 3. The van der Waals surface area contributed by atoms with Crippen LogP contribution in [0, 0.1) is 17.8 Å². The lowest BCUT2D eigenvalue weighted by molar-refractivity contribution is -0.256. The molecule has 0 saturated heterocycles. The molecule has 14 heteroatoms. The largest absolute Gasteiger partial charge is 0.459 e. The van der Waals surface area contributed by atoms with Crippen LogP contribution in [0.5, 0.6) is 23.0 Å². The molecule has 0 bridgehead atoms. The number of oxime groups is 1. The molecule has 2 aliphatic heterocycles. The van der Waals surface area contributed by atoms with Crippen LogP contribution in [0.4, 0.5) is 9.59 Å². The van der Waals surface area contributed by atoms with Crippen molar-refractivity contribution in [2.24, 2.45) is 22.9 Å². The Hall–Kier alpha value is -5.57. The Morgan fingerprint density at radius 3 is 2.49 bits per heavy atom. The van der Waals surface area contributed by atoms with E-state index in [9.17, 15) is 19.8 Å². The summed E-state index contributed by atoms with van der Waals surface area (Å²) in [5.41, 5.74) is 4.06. The lowest BCUT2D eigenvalue weighted by atomic mass is 9.55. The van der Waals surface area contributed by atoms with E-state index in [0.29, 0.717) is 54.7 Å². The number of aliphatic hydroxyl groups excluding tert-OH is 2. The van der Waals surface area contributed by atoms with E-state index in [1.165, 1.54) is 7.11 Å². The van der Waals surface area contributed by atoms with Crippen molar-refractivity contribution in [2.75, 3.05) is 40.3 Å². The second-order valence-electron chi connectivity index (χ2n) is 15.7. The van der Waals surface area contributed by atoms with Crippen molar-refractivity contribution >= 4 is 17.9 Å². The van der Waals surface area contributed by atoms with E-state index in [-0.39, 0.29) is 57.3 Å². The molecule has 326 valence electrons. The van der Waals surface area contributed by atoms with Crippen LogP contribution in [-0.2, 0) is 27.4 Å². The van der Waals surface area contributed by atoms with Crippen LogP contribution >= 0.6 is 0 Å². The van der Waals surface area contributed by atoms with Crippen LogP contribution in [0.3, 0.4) is 0 Å². The third-order valence-corrected chi connectivity index (χ3v) is 12.0. The fourth-order valence-corrected chi connectivity index (χ4v) is 9.42. The first-order valence-corrected chi connectivity index (χ1v) is 21.3. The molecule has 6 atom stereocenters. The number of carbonyl (C=O) groups excluding carboxylic acids is 2. The molecule has 3 aromatic carbocycles. The van der Waals surface area contributed by atoms with Gasteiger partial charge in [-0.15, -0.1) is 6.58 Å². The molecule has 0 aromatic heterocycles. The standard InChI is InChI=1S/C47H57N3O11/c1-4-23-58-47-42(50(46(54)55-3)29-32-17-19-40-41(24-32)57-30-56-40)27-38(49-59-5-2)36-25-33(15-9-11-21-51)35(16-10-12-22-52)43(44(36)47)37-26-34(18-20-39(37)61-47)60-45(53)48-28-31-13-7-6-8-14-31/h4,6-8,13-14,17-20,24-26,33,35,42-44,51-52H,1,5,9-12,15-16,21-23,27-30H2,2-3H3,(H,48,53). The summed E-state index contributed by atoms with van der Waals surface area (Å²) >= 11 is 0. The van der Waals surface area contributed by atoms with Crippen molar-refractivity contribution < 1.29 is 53.1 Å². The molecule has 3 aromatic rings. The van der Waals surface area contributed by atoms with Gasteiger partial charge >= 0.3 is 12.2 Å². The van der Waals surface area contributed by atoms with Crippen molar-refractivity contribution in [3.8, 4) is 23.0 Å². The highest BCUT2D eigenvalue weighted by molar-refractivity contribution is 6.03. The second-order valence-corrected chi connectivity index (χ2v) is 15.7. The van der Waals surface area contributed by atoms with Gasteiger partial charge in [-0.1, -0.05) is 66.5 Å². The number of carbonyl (C=O) groups is 2. The van der Waals surface area contributed by atoms with Crippen molar-refractivity contribution in [3.05, 3.63) is 108 Å². The van der Waals surface area contributed by atoms with E-state index < -0.39 is 29.9 Å². The van der Waals surface area contributed by atoms with Gasteiger partial charge in [-0.3, -0.25) is 4.90 Å². The maximum Gasteiger partial charge on any atom is 0.412 e. The van der Waals surface area contributed by atoms with Gasteiger partial charge in [0.25, 0.3) is 0 Å². The molecule has 4 aliphatic rings. The molecule has 2 amide bonds. The number of methoxy groups -OCH3 is 1. The van der Waals surface area contributed by atoms with Crippen LogP contribution < -0.4 is 24.3 Å². The number of hydrogen-bond donors (Lipinski definition) is 3. The summed E-state index contributed by atoms with van der Waals surface area (Å²) in [6, 6.07) is 19.7. The summed E-state index contributed by atoms with van der Waals surface area (Å²) < 4.78 is 37.0. The molecule has 2 aliphatic carbocycles.